The van der Waals surface area contributed by atoms with Gasteiger partial charge in [-0.3, -0.25) is 14.4 Å². The van der Waals surface area contributed by atoms with E-state index in [-0.39, 0.29) is 12.5 Å². The van der Waals surface area contributed by atoms with Gasteiger partial charge < -0.3 is 16.4 Å². The van der Waals surface area contributed by atoms with E-state index < -0.39 is 21.8 Å². The lowest BCUT2D eigenvalue weighted by molar-refractivity contribution is -0.134. The van der Waals surface area contributed by atoms with E-state index in [1.165, 1.54) is 0 Å². The highest BCUT2D eigenvalue weighted by Gasteiger charge is 2.12. The highest BCUT2D eigenvalue weighted by atomic mass is 32.2. The summed E-state index contributed by atoms with van der Waals surface area (Å²) in [6, 6.07) is 19.0. The van der Waals surface area contributed by atoms with Crippen molar-refractivity contribution in [3.05, 3.63) is 83.4 Å². The first-order valence-electron chi connectivity index (χ1n) is 10.2. The third kappa shape index (κ3) is 6.74. The number of anilines is 2. The molecule has 0 atom stereocenters. The first-order chi connectivity index (χ1) is 16.0. The van der Waals surface area contributed by atoms with E-state index in [9.17, 15) is 22.8 Å². The summed E-state index contributed by atoms with van der Waals surface area (Å²) in [6.07, 6.45) is 1.09. The van der Waals surface area contributed by atoms with Gasteiger partial charge in [0.05, 0.1) is 6.26 Å². The minimum Gasteiger partial charge on any atom is -0.361 e. The molecule has 3 aromatic carbocycles. The number of carbonyl (C=O) groups excluding carboxylic acids is 3. The van der Waals surface area contributed by atoms with Gasteiger partial charge in [-0.25, -0.2) is 13.1 Å². The molecule has 0 saturated carbocycles. The number of carbonyl (C=O) groups is 3. The Labute approximate surface area is 197 Å². The van der Waals surface area contributed by atoms with Crippen LogP contribution in [-0.2, 0) is 26.2 Å². The Kier molecular flexibility index (Phi) is 7.44. The Hall–Kier alpha value is -4.02. The minimum absolute atomic E-state index is 0.168. The van der Waals surface area contributed by atoms with E-state index in [1.807, 2.05) is 13.0 Å². The van der Waals surface area contributed by atoms with E-state index in [1.54, 1.807) is 60.7 Å². The summed E-state index contributed by atoms with van der Waals surface area (Å²) in [5.41, 5.74) is 9.80. The minimum atomic E-state index is -3.28. The van der Waals surface area contributed by atoms with Crippen LogP contribution in [0.4, 0.5) is 11.4 Å². The number of hydrogen-bond acceptors (Lipinski definition) is 5. The SMILES string of the molecule is Cc1ccc(NC(=O)C(N)=O)cc1-c1ccc(C(=O)Nc2ccc(CNS(C)(=O)=O)cc2)cc1. The van der Waals surface area contributed by atoms with E-state index >= 15 is 0 Å². The molecule has 0 aliphatic rings. The Morgan fingerprint density at radius 1 is 0.853 bits per heavy atom. The van der Waals surface area contributed by atoms with Gasteiger partial charge in [0.25, 0.3) is 5.91 Å². The van der Waals surface area contributed by atoms with E-state index in [2.05, 4.69) is 15.4 Å². The van der Waals surface area contributed by atoms with Crippen LogP contribution < -0.4 is 21.1 Å². The molecule has 0 unspecified atom stereocenters. The van der Waals surface area contributed by atoms with Crippen molar-refractivity contribution in [1.29, 1.82) is 0 Å². The summed E-state index contributed by atoms with van der Waals surface area (Å²) < 4.78 is 24.8. The molecule has 0 saturated heterocycles. The van der Waals surface area contributed by atoms with Gasteiger partial charge in [-0.15, -0.1) is 0 Å². The van der Waals surface area contributed by atoms with Crippen LogP contribution >= 0.6 is 0 Å². The molecule has 9 nitrogen and oxygen atoms in total. The second-order valence-corrected chi connectivity index (χ2v) is 9.50. The Morgan fingerprint density at radius 2 is 1.47 bits per heavy atom. The average Bonchev–Trinajstić information content (AvgIpc) is 2.79. The zero-order chi connectivity index (χ0) is 24.9. The van der Waals surface area contributed by atoms with Gasteiger partial charge in [-0.1, -0.05) is 30.3 Å². The van der Waals surface area contributed by atoms with Crippen LogP contribution in [0.5, 0.6) is 0 Å². The molecule has 0 aliphatic carbocycles. The van der Waals surface area contributed by atoms with Crippen LogP contribution in [0, 0.1) is 6.92 Å². The zero-order valence-corrected chi connectivity index (χ0v) is 19.4. The summed E-state index contributed by atoms with van der Waals surface area (Å²) in [5.74, 6) is -2.27. The van der Waals surface area contributed by atoms with Crippen LogP contribution in [0.3, 0.4) is 0 Å². The largest absolute Gasteiger partial charge is 0.361 e. The molecule has 3 rings (SSSR count). The Bertz CT molecular complexity index is 1330. The van der Waals surface area contributed by atoms with Gasteiger partial charge in [0, 0.05) is 23.5 Å². The fourth-order valence-electron chi connectivity index (χ4n) is 3.13. The topological polar surface area (TPSA) is 147 Å². The summed E-state index contributed by atoms with van der Waals surface area (Å²) in [6.45, 7) is 2.08. The van der Waals surface area contributed by atoms with E-state index in [0.29, 0.717) is 16.9 Å². The van der Waals surface area contributed by atoms with Crippen LogP contribution in [0.25, 0.3) is 11.1 Å². The lowest BCUT2D eigenvalue weighted by Gasteiger charge is -2.11. The molecule has 3 aromatic rings. The first-order valence-corrected chi connectivity index (χ1v) is 12.1. The number of aryl methyl sites for hydroxylation is 1. The third-order valence-electron chi connectivity index (χ3n) is 4.93. The molecule has 176 valence electrons. The molecule has 0 bridgehead atoms. The molecule has 0 radical (unpaired) electrons. The second-order valence-electron chi connectivity index (χ2n) is 7.67. The smallest absolute Gasteiger partial charge is 0.313 e. The number of hydrogen-bond donors (Lipinski definition) is 4. The number of sulfonamides is 1. The Morgan fingerprint density at radius 3 is 2.06 bits per heavy atom. The Balaban J connectivity index is 1.69. The molecule has 0 spiro atoms. The number of nitrogens with one attached hydrogen (secondary N) is 3. The highest BCUT2D eigenvalue weighted by Crippen LogP contribution is 2.27. The standard InChI is InChI=1S/C24H24N4O5S/c1-15-3-10-20(28-24(31)22(25)29)13-21(15)17-6-8-18(9-7-17)23(30)27-19-11-4-16(5-12-19)14-26-34(2,32)33/h3-13,26H,14H2,1-2H3,(H2,25,29)(H,27,30)(H,28,31). The lowest BCUT2D eigenvalue weighted by atomic mass is 9.98. The van der Waals surface area contributed by atoms with E-state index in [4.69, 9.17) is 5.73 Å². The van der Waals surface area contributed by atoms with Crippen molar-refractivity contribution in [3.63, 3.8) is 0 Å². The summed E-state index contributed by atoms with van der Waals surface area (Å²) in [4.78, 5) is 35.2. The van der Waals surface area contributed by atoms with Gasteiger partial charge in [0.1, 0.15) is 0 Å². The fraction of sp³-hybridized carbons (Fsp3) is 0.125. The molecule has 0 heterocycles. The van der Waals surface area contributed by atoms with Crippen molar-refractivity contribution >= 4 is 39.1 Å². The van der Waals surface area contributed by atoms with Crippen molar-refractivity contribution in [1.82, 2.24) is 4.72 Å². The average molecular weight is 481 g/mol. The number of primary amides is 1. The monoisotopic (exact) mass is 480 g/mol. The number of nitrogens with two attached hydrogens (primary N) is 1. The quantitative estimate of drug-likeness (QED) is 0.383. The van der Waals surface area contributed by atoms with Gasteiger partial charge in [0.2, 0.25) is 10.0 Å². The van der Waals surface area contributed by atoms with Crippen molar-refractivity contribution in [2.45, 2.75) is 13.5 Å². The van der Waals surface area contributed by atoms with Gasteiger partial charge in [0.15, 0.2) is 0 Å². The molecule has 3 amide bonds. The molecule has 34 heavy (non-hydrogen) atoms. The molecular formula is C24H24N4O5S. The third-order valence-corrected chi connectivity index (χ3v) is 5.60. The van der Waals surface area contributed by atoms with Crippen LogP contribution in [-0.4, -0.2) is 32.4 Å². The van der Waals surface area contributed by atoms with Crippen LogP contribution in [0.2, 0.25) is 0 Å². The lowest BCUT2D eigenvalue weighted by Crippen LogP contribution is -2.29. The maximum absolute atomic E-state index is 12.6. The van der Waals surface area contributed by atoms with Gasteiger partial charge in [-0.2, -0.15) is 0 Å². The number of rotatable bonds is 7. The number of benzene rings is 3. The highest BCUT2D eigenvalue weighted by molar-refractivity contribution is 7.88. The molecule has 0 fully saturated rings. The zero-order valence-electron chi connectivity index (χ0n) is 18.6. The molecule has 0 aromatic heterocycles. The summed E-state index contributed by atoms with van der Waals surface area (Å²) in [5, 5.41) is 5.24. The predicted octanol–water partition coefficient (Wildman–Crippen LogP) is 2.39. The van der Waals surface area contributed by atoms with Crippen LogP contribution in [0.1, 0.15) is 21.5 Å². The fourth-order valence-corrected chi connectivity index (χ4v) is 3.56. The van der Waals surface area contributed by atoms with Crippen molar-refractivity contribution < 1.29 is 22.8 Å². The maximum Gasteiger partial charge on any atom is 0.313 e. The second kappa shape index (κ2) is 10.3. The normalized spacial score (nSPS) is 11.0. The molecular weight excluding hydrogens is 456 g/mol. The predicted molar refractivity (Wildman–Crippen MR) is 131 cm³/mol. The van der Waals surface area contributed by atoms with Crippen molar-refractivity contribution in [2.75, 3.05) is 16.9 Å². The summed E-state index contributed by atoms with van der Waals surface area (Å²) in [7, 11) is -3.28. The summed E-state index contributed by atoms with van der Waals surface area (Å²) >= 11 is 0. The van der Waals surface area contributed by atoms with Crippen molar-refractivity contribution in [2.24, 2.45) is 5.73 Å². The first kappa shape index (κ1) is 24.6. The van der Waals surface area contributed by atoms with Crippen molar-refractivity contribution in [3.8, 4) is 11.1 Å². The molecule has 5 N–H and O–H groups in total. The molecule has 10 heteroatoms. The maximum atomic E-state index is 12.6. The van der Waals surface area contributed by atoms with Gasteiger partial charge in [-0.05, 0) is 65.6 Å². The van der Waals surface area contributed by atoms with Crippen LogP contribution in [0.15, 0.2) is 66.7 Å². The van der Waals surface area contributed by atoms with Gasteiger partial charge >= 0.3 is 11.8 Å². The molecule has 0 aliphatic heterocycles. The van der Waals surface area contributed by atoms with E-state index in [0.717, 1.165) is 28.5 Å². The number of amides is 3.